The number of hydrogen-bond acceptors (Lipinski definition) is 3. The molecule has 0 fully saturated rings. The van der Waals surface area contributed by atoms with Gasteiger partial charge in [0.1, 0.15) is 5.82 Å². The van der Waals surface area contributed by atoms with Gasteiger partial charge in [-0.3, -0.25) is 9.39 Å². The van der Waals surface area contributed by atoms with E-state index in [4.69, 9.17) is 0 Å². The van der Waals surface area contributed by atoms with Gasteiger partial charge in [0.15, 0.2) is 11.6 Å². The molecule has 0 aliphatic carbocycles. The zero-order valence-electron chi connectivity index (χ0n) is 14.1. The Balaban J connectivity index is 0.00000264. The summed E-state index contributed by atoms with van der Waals surface area (Å²) >= 11 is 0. The minimum atomic E-state index is 0. The molecule has 2 N–H and O–H groups in total. The molecule has 0 aliphatic rings. The van der Waals surface area contributed by atoms with Gasteiger partial charge < -0.3 is 10.6 Å². The number of pyridine rings is 1. The molecule has 23 heavy (non-hydrogen) atoms. The summed E-state index contributed by atoms with van der Waals surface area (Å²) < 4.78 is 2.01. The van der Waals surface area contributed by atoms with Crippen LogP contribution in [0, 0.1) is 5.92 Å². The molecule has 0 radical (unpaired) electrons. The molecule has 6 nitrogen and oxygen atoms in total. The lowest BCUT2D eigenvalue weighted by Gasteiger charge is -2.12. The lowest BCUT2D eigenvalue weighted by atomic mass is 10.1. The first-order valence-electron chi connectivity index (χ1n) is 7.94. The van der Waals surface area contributed by atoms with Gasteiger partial charge in [-0.1, -0.05) is 19.9 Å². The van der Waals surface area contributed by atoms with Crippen molar-refractivity contribution < 1.29 is 0 Å². The van der Waals surface area contributed by atoms with Gasteiger partial charge in [-0.25, -0.2) is 0 Å². The Morgan fingerprint density at radius 3 is 2.74 bits per heavy atom. The van der Waals surface area contributed by atoms with Crippen molar-refractivity contribution in [1.29, 1.82) is 0 Å². The zero-order chi connectivity index (χ0) is 15.8. The van der Waals surface area contributed by atoms with E-state index in [0.717, 1.165) is 49.3 Å². The fraction of sp³-hybridized carbons (Fsp3) is 0.562. The van der Waals surface area contributed by atoms with E-state index in [1.807, 2.05) is 28.8 Å². The number of rotatable bonds is 7. The Morgan fingerprint density at radius 1 is 1.22 bits per heavy atom. The molecule has 128 valence electrons. The van der Waals surface area contributed by atoms with Gasteiger partial charge in [-0.2, -0.15) is 0 Å². The molecule has 0 aliphatic heterocycles. The van der Waals surface area contributed by atoms with Crippen LogP contribution >= 0.6 is 24.0 Å². The smallest absolute Gasteiger partial charge is 0.190 e. The highest BCUT2D eigenvalue weighted by atomic mass is 127. The van der Waals surface area contributed by atoms with E-state index in [1.165, 1.54) is 6.42 Å². The van der Waals surface area contributed by atoms with Gasteiger partial charge in [-0.15, -0.1) is 34.2 Å². The number of nitrogens with one attached hydrogen (secondary N) is 2. The van der Waals surface area contributed by atoms with Crippen LogP contribution < -0.4 is 10.6 Å². The van der Waals surface area contributed by atoms with Crippen molar-refractivity contribution in [1.82, 2.24) is 25.2 Å². The minimum absolute atomic E-state index is 0. The molecule has 0 atom stereocenters. The second-order valence-electron chi connectivity index (χ2n) is 5.76. The van der Waals surface area contributed by atoms with Crippen LogP contribution in [0.25, 0.3) is 5.65 Å². The van der Waals surface area contributed by atoms with E-state index in [1.54, 1.807) is 7.05 Å². The van der Waals surface area contributed by atoms with Crippen molar-refractivity contribution in [2.75, 3.05) is 20.1 Å². The number of aliphatic imine (C=N–C) groups is 1. The van der Waals surface area contributed by atoms with Crippen molar-refractivity contribution in [3.05, 3.63) is 30.2 Å². The number of fused-ring (bicyclic) bond motifs is 1. The average molecular weight is 430 g/mol. The first-order chi connectivity index (χ1) is 10.7. The van der Waals surface area contributed by atoms with Gasteiger partial charge in [0.05, 0.1) is 0 Å². The Morgan fingerprint density at radius 2 is 2.00 bits per heavy atom. The molecule has 2 aromatic heterocycles. The lowest BCUT2D eigenvalue weighted by Crippen LogP contribution is -2.38. The van der Waals surface area contributed by atoms with Crippen LogP contribution in [0.5, 0.6) is 0 Å². The van der Waals surface area contributed by atoms with Crippen LogP contribution in [-0.2, 0) is 6.42 Å². The highest BCUT2D eigenvalue weighted by molar-refractivity contribution is 14.0. The summed E-state index contributed by atoms with van der Waals surface area (Å²) in [6, 6.07) is 5.91. The predicted octanol–water partition coefficient (Wildman–Crippen LogP) is 2.49. The second kappa shape index (κ2) is 10.4. The van der Waals surface area contributed by atoms with E-state index in [-0.39, 0.29) is 24.0 Å². The second-order valence-corrected chi connectivity index (χ2v) is 5.76. The normalized spacial score (nSPS) is 11.6. The maximum atomic E-state index is 4.24. The van der Waals surface area contributed by atoms with E-state index in [2.05, 4.69) is 39.7 Å². The molecule has 0 bridgehead atoms. The highest BCUT2D eigenvalue weighted by Gasteiger charge is 2.04. The zero-order valence-corrected chi connectivity index (χ0v) is 16.4. The van der Waals surface area contributed by atoms with Gasteiger partial charge >= 0.3 is 0 Å². The summed E-state index contributed by atoms with van der Waals surface area (Å²) in [5.74, 6) is 2.55. The van der Waals surface area contributed by atoms with E-state index in [9.17, 15) is 0 Å². The molecule has 0 spiro atoms. The number of hydrogen-bond donors (Lipinski definition) is 2. The van der Waals surface area contributed by atoms with E-state index >= 15 is 0 Å². The standard InChI is InChI=1S/C16H26N6.HI/c1-13(2)7-6-10-18-16(17-3)19-11-9-15-21-20-14-8-4-5-12-22(14)15;/h4-5,8,12-13H,6-7,9-11H2,1-3H3,(H2,17,18,19);1H. The Hall–Kier alpha value is -1.38. The largest absolute Gasteiger partial charge is 0.356 e. The third kappa shape index (κ3) is 6.32. The monoisotopic (exact) mass is 430 g/mol. The summed E-state index contributed by atoms with van der Waals surface area (Å²) in [5, 5.41) is 15.0. The summed E-state index contributed by atoms with van der Waals surface area (Å²) in [7, 11) is 1.80. The van der Waals surface area contributed by atoms with Crippen LogP contribution in [0.4, 0.5) is 0 Å². The lowest BCUT2D eigenvalue weighted by molar-refractivity contribution is 0.549. The Labute approximate surface area is 155 Å². The first kappa shape index (κ1) is 19.7. The van der Waals surface area contributed by atoms with Crippen molar-refractivity contribution in [3.8, 4) is 0 Å². The van der Waals surface area contributed by atoms with Crippen molar-refractivity contribution in [2.45, 2.75) is 33.1 Å². The van der Waals surface area contributed by atoms with Crippen LogP contribution in [-0.4, -0.2) is 40.7 Å². The third-order valence-electron chi connectivity index (χ3n) is 3.50. The maximum absolute atomic E-state index is 4.24. The van der Waals surface area contributed by atoms with Crippen LogP contribution in [0.1, 0.15) is 32.5 Å². The molecule has 2 rings (SSSR count). The molecule has 2 aromatic rings. The topological polar surface area (TPSA) is 66.6 Å². The van der Waals surface area contributed by atoms with E-state index < -0.39 is 0 Å². The predicted molar refractivity (Wildman–Crippen MR) is 106 cm³/mol. The fourth-order valence-corrected chi connectivity index (χ4v) is 2.29. The summed E-state index contributed by atoms with van der Waals surface area (Å²) in [4.78, 5) is 4.24. The first-order valence-corrected chi connectivity index (χ1v) is 7.94. The number of nitrogens with zero attached hydrogens (tertiary/aromatic N) is 4. The van der Waals surface area contributed by atoms with Crippen molar-refractivity contribution >= 4 is 35.6 Å². The molecular formula is C16H27IN6. The molecule has 0 aromatic carbocycles. The maximum Gasteiger partial charge on any atom is 0.190 e. The molecule has 0 amide bonds. The van der Waals surface area contributed by atoms with Gasteiger partial charge in [0.2, 0.25) is 0 Å². The quantitative estimate of drug-likeness (QED) is 0.307. The molecule has 7 heteroatoms. The van der Waals surface area contributed by atoms with Crippen LogP contribution in [0.2, 0.25) is 0 Å². The molecule has 0 saturated carbocycles. The Bertz CT molecular complexity index is 607. The highest BCUT2D eigenvalue weighted by Crippen LogP contribution is 2.03. The average Bonchev–Trinajstić information content (AvgIpc) is 2.93. The van der Waals surface area contributed by atoms with Crippen LogP contribution in [0.15, 0.2) is 29.4 Å². The molecule has 2 heterocycles. The van der Waals surface area contributed by atoms with Gasteiger partial charge in [-0.05, 0) is 30.9 Å². The van der Waals surface area contributed by atoms with Crippen molar-refractivity contribution in [3.63, 3.8) is 0 Å². The SMILES string of the molecule is CN=C(NCCCC(C)C)NCCc1nnc2ccccn12.I. The van der Waals surface area contributed by atoms with Crippen molar-refractivity contribution in [2.24, 2.45) is 10.9 Å². The number of aromatic nitrogens is 3. The van der Waals surface area contributed by atoms with Gasteiger partial charge in [0.25, 0.3) is 0 Å². The Kier molecular flexibility index (Phi) is 8.90. The summed E-state index contributed by atoms with van der Waals surface area (Å²) in [6.45, 7) is 6.22. The number of halogens is 1. The molecule has 0 saturated heterocycles. The minimum Gasteiger partial charge on any atom is -0.356 e. The summed E-state index contributed by atoms with van der Waals surface area (Å²) in [6.07, 6.45) is 5.18. The number of guanidine groups is 1. The van der Waals surface area contributed by atoms with Gasteiger partial charge in [0, 0.05) is 32.8 Å². The van der Waals surface area contributed by atoms with E-state index in [0.29, 0.717) is 0 Å². The van der Waals surface area contributed by atoms with Crippen LogP contribution in [0.3, 0.4) is 0 Å². The molecular weight excluding hydrogens is 403 g/mol. The fourth-order valence-electron chi connectivity index (χ4n) is 2.29. The molecule has 0 unspecified atom stereocenters. The summed E-state index contributed by atoms with van der Waals surface area (Å²) in [5.41, 5.74) is 0.883. The third-order valence-corrected chi connectivity index (χ3v) is 3.50.